The van der Waals surface area contributed by atoms with Gasteiger partial charge in [-0.3, -0.25) is 4.68 Å². The highest BCUT2D eigenvalue weighted by molar-refractivity contribution is 7.22. The zero-order chi connectivity index (χ0) is 24.6. The van der Waals surface area contributed by atoms with Crippen LogP contribution in [-0.4, -0.2) is 19.7 Å². The number of aromatic nitrogens is 4. The molecule has 0 radical (unpaired) electrons. The molecule has 180 valence electrons. The van der Waals surface area contributed by atoms with Crippen molar-refractivity contribution in [2.75, 3.05) is 5.32 Å². The lowest BCUT2D eigenvalue weighted by molar-refractivity contribution is 0.306. The van der Waals surface area contributed by atoms with E-state index in [1.54, 1.807) is 35.9 Å². The fourth-order valence-electron chi connectivity index (χ4n) is 4.55. The second-order valence-electron chi connectivity index (χ2n) is 8.48. The Morgan fingerprint density at radius 2 is 2.11 bits per heavy atom. The van der Waals surface area contributed by atoms with E-state index in [2.05, 4.69) is 27.0 Å². The summed E-state index contributed by atoms with van der Waals surface area (Å²) in [4.78, 5) is 11.2. The summed E-state index contributed by atoms with van der Waals surface area (Å²) in [5.74, 6) is 0.968. The van der Waals surface area contributed by atoms with Crippen molar-refractivity contribution in [1.82, 2.24) is 19.7 Å². The van der Waals surface area contributed by atoms with Gasteiger partial charge in [0, 0.05) is 21.8 Å². The number of fused-ring (bicyclic) bond motifs is 5. The summed E-state index contributed by atoms with van der Waals surface area (Å²) in [5, 5.41) is 9.45. The molecule has 0 unspecified atom stereocenters. The number of hydrogen-bond acceptors (Lipinski definition) is 6. The molecule has 1 aliphatic carbocycles. The van der Waals surface area contributed by atoms with Gasteiger partial charge in [0.25, 0.3) is 0 Å². The molecule has 0 spiro atoms. The van der Waals surface area contributed by atoms with Crippen molar-refractivity contribution >= 4 is 44.7 Å². The van der Waals surface area contributed by atoms with E-state index in [0.29, 0.717) is 17.3 Å². The number of aryl methyl sites for hydroxylation is 1. The van der Waals surface area contributed by atoms with Crippen LogP contribution in [-0.2, 0) is 26.0 Å². The van der Waals surface area contributed by atoms with E-state index in [4.69, 9.17) is 16.3 Å². The largest absolute Gasteiger partial charge is 0.487 e. The Hall–Kier alpha value is -3.75. The highest BCUT2D eigenvalue weighted by Gasteiger charge is 2.26. The number of nitrogens with zero attached hydrogens (tertiary/aromatic N) is 4. The van der Waals surface area contributed by atoms with Gasteiger partial charge >= 0.3 is 0 Å². The molecule has 5 aromatic rings. The molecule has 3 heterocycles. The van der Waals surface area contributed by atoms with Crippen LogP contribution in [0.2, 0.25) is 5.02 Å². The first-order chi connectivity index (χ1) is 17.6. The predicted octanol–water partition coefficient (Wildman–Crippen LogP) is 6.95. The van der Waals surface area contributed by atoms with E-state index >= 15 is 0 Å². The zero-order valence-corrected chi connectivity index (χ0v) is 20.7. The molecule has 0 saturated carbocycles. The smallest absolute Gasteiger partial charge is 0.142 e. The first-order valence-electron chi connectivity index (χ1n) is 11.5. The van der Waals surface area contributed by atoms with Gasteiger partial charge < -0.3 is 10.1 Å². The van der Waals surface area contributed by atoms with E-state index in [9.17, 15) is 4.39 Å². The first kappa shape index (κ1) is 22.7. The molecule has 36 heavy (non-hydrogen) atoms. The molecule has 1 N–H and O–H groups in total. The van der Waals surface area contributed by atoms with Gasteiger partial charge in [-0.25, -0.2) is 14.4 Å². The van der Waals surface area contributed by atoms with Gasteiger partial charge in [-0.05, 0) is 54.3 Å². The Morgan fingerprint density at radius 1 is 1.19 bits per heavy atom. The van der Waals surface area contributed by atoms with Gasteiger partial charge in [-0.15, -0.1) is 17.9 Å². The van der Waals surface area contributed by atoms with Crippen LogP contribution in [0.1, 0.15) is 16.8 Å². The fourth-order valence-corrected chi connectivity index (χ4v) is 6.01. The number of halogens is 2. The van der Waals surface area contributed by atoms with Crippen molar-refractivity contribution in [3.8, 4) is 16.2 Å². The van der Waals surface area contributed by atoms with Crippen LogP contribution in [0, 0.1) is 5.82 Å². The van der Waals surface area contributed by atoms with Gasteiger partial charge in [-0.1, -0.05) is 29.8 Å². The van der Waals surface area contributed by atoms with Gasteiger partial charge in [0.1, 0.15) is 35.1 Å². The van der Waals surface area contributed by atoms with E-state index < -0.39 is 0 Å². The number of hydrogen-bond donors (Lipinski definition) is 1. The fraction of sp³-hybridized carbons (Fsp3) is 0.148. The second-order valence-corrected chi connectivity index (χ2v) is 9.88. The Bertz CT molecular complexity index is 1610. The average Bonchev–Trinajstić information content (AvgIpc) is 3.46. The number of anilines is 2. The summed E-state index contributed by atoms with van der Waals surface area (Å²) in [5.41, 5.74) is 5.15. The molecule has 0 atom stereocenters. The monoisotopic (exact) mass is 517 g/mol. The van der Waals surface area contributed by atoms with Crippen molar-refractivity contribution in [2.45, 2.75) is 26.0 Å². The lowest BCUT2D eigenvalue weighted by Gasteiger charge is -2.15. The third-order valence-corrected chi connectivity index (χ3v) is 7.64. The average molecular weight is 518 g/mol. The van der Waals surface area contributed by atoms with Crippen LogP contribution in [0.5, 0.6) is 5.75 Å². The van der Waals surface area contributed by atoms with Crippen LogP contribution < -0.4 is 10.1 Å². The molecule has 0 fully saturated rings. The SMILES string of the molecule is C=CCn1ncc2c1CCc1c-2sc2ncnc(Nc3ccc(OCc4cccc(F)c4)c(Cl)c3)c12. The maximum atomic E-state index is 13.4. The molecule has 3 aromatic heterocycles. The summed E-state index contributed by atoms with van der Waals surface area (Å²) < 4.78 is 21.2. The Labute approximate surface area is 216 Å². The summed E-state index contributed by atoms with van der Waals surface area (Å²) >= 11 is 8.17. The van der Waals surface area contributed by atoms with Gasteiger partial charge in [0.15, 0.2) is 0 Å². The Balaban J connectivity index is 1.27. The van der Waals surface area contributed by atoms with Crippen molar-refractivity contribution in [1.29, 1.82) is 0 Å². The van der Waals surface area contributed by atoms with Crippen LogP contribution in [0.3, 0.4) is 0 Å². The molecule has 6 rings (SSSR count). The highest BCUT2D eigenvalue weighted by atomic mass is 35.5. The number of thiophene rings is 1. The van der Waals surface area contributed by atoms with E-state index in [0.717, 1.165) is 45.7 Å². The molecule has 0 bridgehead atoms. The molecule has 0 amide bonds. The van der Waals surface area contributed by atoms with Crippen LogP contribution in [0.15, 0.2) is 67.6 Å². The number of benzene rings is 2. The molecule has 2 aromatic carbocycles. The van der Waals surface area contributed by atoms with Crippen molar-refractivity contribution in [2.24, 2.45) is 0 Å². The minimum atomic E-state index is -0.296. The lowest BCUT2D eigenvalue weighted by Crippen LogP contribution is -2.08. The Morgan fingerprint density at radius 3 is 2.94 bits per heavy atom. The summed E-state index contributed by atoms with van der Waals surface area (Å²) in [6, 6.07) is 11.8. The van der Waals surface area contributed by atoms with Gasteiger partial charge in [-0.2, -0.15) is 5.10 Å². The van der Waals surface area contributed by atoms with Crippen LogP contribution >= 0.6 is 22.9 Å². The first-order valence-corrected chi connectivity index (χ1v) is 12.7. The third kappa shape index (κ3) is 4.12. The normalized spacial score (nSPS) is 12.3. The van der Waals surface area contributed by atoms with E-state index in [1.807, 2.05) is 29.1 Å². The minimum absolute atomic E-state index is 0.225. The quantitative estimate of drug-likeness (QED) is 0.236. The lowest BCUT2D eigenvalue weighted by atomic mass is 9.95. The van der Waals surface area contributed by atoms with Crippen molar-refractivity contribution in [3.63, 3.8) is 0 Å². The van der Waals surface area contributed by atoms with Gasteiger partial charge in [0.2, 0.25) is 0 Å². The van der Waals surface area contributed by atoms with Gasteiger partial charge in [0.05, 0.1) is 23.2 Å². The van der Waals surface area contributed by atoms with Crippen LogP contribution in [0.25, 0.3) is 20.7 Å². The highest BCUT2D eigenvalue weighted by Crippen LogP contribution is 2.45. The zero-order valence-electron chi connectivity index (χ0n) is 19.2. The molecular weight excluding hydrogens is 497 g/mol. The standard InChI is InChI=1S/C27H21ClFN5OS/c1-2-10-34-22-8-7-19-24-26(30-15-31-27(24)36-25(19)20(22)13-32-34)33-18-6-9-23(21(28)12-18)35-14-16-4-3-5-17(29)11-16/h2-6,9,11-13,15H,1,7-8,10,14H2,(H,30,31,33). The number of ether oxygens (including phenoxy) is 1. The molecule has 0 saturated heterocycles. The number of rotatable bonds is 7. The van der Waals surface area contributed by atoms with E-state index in [-0.39, 0.29) is 12.4 Å². The summed E-state index contributed by atoms with van der Waals surface area (Å²) in [6.45, 7) is 4.76. The minimum Gasteiger partial charge on any atom is -0.487 e. The summed E-state index contributed by atoms with van der Waals surface area (Å²) in [7, 11) is 0. The molecule has 9 heteroatoms. The second kappa shape index (κ2) is 9.37. The summed E-state index contributed by atoms with van der Waals surface area (Å²) in [6.07, 6.45) is 7.17. The third-order valence-electron chi connectivity index (χ3n) is 6.17. The molecule has 0 aliphatic heterocycles. The van der Waals surface area contributed by atoms with Crippen LogP contribution in [0.4, 0.5) is 15.9 Å². The maximum Gasteiger partial charge on any atom is 0.142 e. The Kier molecular flexibility index (Phi) is 5.91. The molecular formula is C27H21ClFN5OS. The van der Waals surface area contributed by atoms with Crippen molar-refractivity contribution in [3.05, 3.63) is 95.3 Å². The van der Waals surface area contributed by atoms with Crippen molar-refractivity contribution < 1.29 is 9.13 Å². The topological polar surface area (TPSA) is 64.9 Å². The molecule has 6 nitrogen and oxygen atoms in total. The van der Waals surface area contributed by atoms with E-state index in [1.165, 1.54) is 28.3 Å². The maximum absolute atomic E-state index is 13.4. The molecule has 1 aliphatic rings. The number of nitrogens with one attached hydrogen (secondary N) is 1. The predicted molar refractivity (Wildman–Crippen MR) is 142 cm³/mol. The number of allylic oxidation sites excluding steroid dienone is 1.